The van der Waals surface area contributed by atoms with Gasteiger partial charge in [0.1, 0.15) is 0 Å². The molecule has 1 N–H and O–H groups in total. The third-order valence-corrected chi connectivity index (χ3v) is 5.02. The van der Waals surface area contributed by atoms with Gasteiger partial charge in [-0.05, 0) is 32.4 Å². The van der Waals surface area contributed by atoms with Crippen LogP contribution in [0.4, 0.5) is 0 Å². The van der Waals surface area contributed by atoms with Crippen molar-refractivity contribution in [3.8, 4) is 0 Å². The van der Waals surface area contributed by atoms with Gasteiger partial charge in [-0.2, -0.15) is 10.2 Å². The van der Waals surface area contributed by atoms with Crippen LogP contribution in [0, 0.1) is 13.8 Å². The van der Waals surface area contributed by atoms with Crippen LogP contribution >= 0.6 is 0 Å². The maximum Gasteiger partial charge on any atom is 0.292 e. The van der Waals surface area contributed by atoms with E-state index in [0.717, 1.165) is 29.9 Å². The number of rotatable bonds is 8. The van der Waals surface area contributed by atoms with Gasteiger partial charge < -0.3 is 9.30 Å². The maximum absolute atomic E-state index is 12.8. The summed E-state index contributed by atoms with van der Waals surface area (Å²) in [6, 6.07) is 9.00. The largest absolute Gasteiger partial charge is 0.383 e. The number of nitrogens with one attached hydrogen (secondary N) is 1. The molecular formula is C22H27N5O3. The van der Waals surface area contributed by atoms with Crippen LogP contribution in [0.5, 0.6) is 0 Å². The highest BCUT2D eigenvalue weighted by Gasteiger charge is 2.16. The van der Waals surface area contributed by atoms with Crippen LogP contribution in [-0.2, 0) is 17.8 Å². The minimum atomic E-state index is -0.458. The highest BCUT2D eigenvalue weighted by atomic mass is 16.5. The van der Waals surface area contributed by atoms with Crippen molar-refractivity contribution in [1.82, 2.24) is 19.8 Å². The molecule has 0 saturated heterocycles. The summed E-state index contributed by atoms with van der Waals surface area (Å²) in [5.74, 6) is -0.458. The van der Waals surface area contributed by atoms with Gasteiger partial charge in [0.2, 0.25) is 0 Å². The highest BCUT2D eigenvalue weighted by Crippen LogP contribution is 2.14. The molecule has 0 radical (unpaired) electrons. The monoisotopic (exact) mass is 409 g/mol. The van der Waals surface area contributed by atoms with Crippen molar-refractivity contribution < 1.29 is 9.53 Å². The number of amides is 1. The summed E-state index contributed by atoms with van der Waals surface area (Å²) in [6.07, 6.45) is 2.36. The summed E-state index contributed by atoms with van der Waals surface area (Å²) >= 11 is 0. The van der Waals surface area contributed by atoms with Crippen molar-refractivity contribution in [1.29, 1.82) is 0 Å². The van der Waals surface area contributed by atoms with Crippen molar-refractivity contribution >= 4 is 22.9 Å². The quantitative estimate of drug-likeness (QED) is 0.457. The normalized spacial score (nSPS) is 11.5. The summed E-state index contributed by atoms with van der Waals surface area (Å²) in [7, 11) is 1.67. The molecule has 0 aliphatic heterocycles. The molecule has 0 saturated carbocycles. The van der Waals surface area contributed by atoms with Crippen molar-refractivity contribution in [3.63, 3.8) is 0 Å². The molecule has 0 unspecified atom stereocenters. The number of carbonyl (C=O) groups is 1. The lowest BCUT2D eigenvalue weighted by Crippen LogP contribution is -2.29. The van der Waals surface area contributed by atoms with E-state index in [-0.39, 0.29) is 11.3 Å². The van der Waals surface area contributed by atoms with E-state index < -0.39 is 5.91 Å². The first-order valence-electron chi connectivity index (χ1n) is 9.96. The van der Waals surface area contributed by atoms with Crippen molar-refractivity contribution in [2.45, 2.75) is 40.3 Å². The number of hydrazone groups is 1. The van der Waals surface area contributed by atoms with Crippen LogP contribution in [-0.4, -0.2) is 40.2 Å². The Morgan fingerprint density at radius 1 is 1.23 bits per heavy atom. The van der Waals surface area contributed by atoms with Crippen LogP contribution in [0.1, 0.15) is 40.8 Å². The number of carbonyl (C=O) groups excluding carboxylic acids is 1. The topological polar surface area (TPSA) is 90.5 Å². The first-order valence-corrected chi connectivity index (χ1v) is 9.96. The molecule has 3 rings (SSSR count). The zero-order valence-electron chi connectivity index (χ0n) is 17.8. The molecule has 0 aliphatic rings. The molecule has 8 heteroatoms. The zero-order chi connectivity index (χ0) is 21.7. The van der Waals surface area contributed by atoms with Crippen LogP contribution in [0.15, 0.2) is 40.2 Å². The second-order valence-electron chi connectivity index (χ2n) is 7.09. The first kappa shape index (κ1) is 21.4. The Bertz CT molecular complexity index is 1140. The number of nitrogens with zero attached hydrogens (tertiary/aromatic N) is 4. The molecule has 8 nitrogen and oxygen atoms in total. The predicted octanol–water partition coefficient (Wildman–Crippen LogP) is 2.64. The Kier molecular flexibility index (Phi) is 6.79. The lowest BCUT2D eigenvalue weighted by Gasteiger charge is -2.09. The molecule has 2 heterocycles. The van der Waals surface area contributed by atoms with Crippen LogP contribution in [0.2, 0.25) is 0 Å². The summed E-state index contributed by atoms with van der Waals surface area (Å²) in [5.41, 5.74) is 5.58. The summed E-state index contributed by atoms with van der Waals surface area (Å²) in [5, 5.41) is 9.39. The third kappa shape index (κ3) is 4.33. The average Bonchev–Trinajstić information content (AvgIpc) is 3.01. The van der Waals surface area contributed by atoms with E-state index in [9.17, 15) is 9.59 Å². The van der Waals surface area contributed by atoms with E-state index in [2.05, 4.69) is 20.2 Å². The summed E-state index contributed by atoms with van der Waals surface area (Å²) in [6.45, 7) is 7.80. The number of fused-ring (bicyclic) bond motifs is 1. The van der Waals surface area contributed by atoms with Gasteiger partial charge >= 0.3 is 0 Å². The molecule has 3 aromatic rings. The Balaban J connectivity index is 1.86. The van der Waals surface area contributed by atoms with E-state index in [1.54, 1.807) is 37.6 Å². The molecule has 30 heavy (non-hydrogen) atoms. The van der Waals surface area contributed by atoms with Crippen LogP contribution in [0.25, 0.3) is 10.8 Å². The van der Waals surface area contributed by atoms with E-state index in [4.69, 9.17) is 4.74 Å². The Morgan fingerprint density at radius 3 is 2.67 bits per heavy atom. The molecule has 1 amide bonds. The van der Waals surface area contributed by atoms with E-state index >= 15 is 0 Å². The molecule has 0 spiro atoms. The fourth-order valence-corrected chi connectivity index (χ4v) is 3.46. The average molecular weight is 409 g/mol. The number of hydrogen-bond acceptors (Lipinski definition) is 5. The number of hydrogen-bond donors (Lipinski definition) is 1. The molecule has 158 valence electrons. The molecule has 0 aliphatic carbocycles. The van der Waals surface area contributed by atoms with Crippen LogP contribution in [0.3, 0.4) is 0 Å². The number of methoxy groups -OCH3 is 1. The fourth-order valence-electron chi connectivity index (χ4n) is 3.46. The zero-order valence-corrected chi connectivity index (χ0v) is 17.8. The Labute approximate surface area is 175 Å². The van der Waals surface area contributed by atoms with Crippen molar-refractivity contribution in [2.75, 3.05) is 13.7 Å². The minimum Gasteiger partial charge on any atom is -0.383 e. The maximum atomic E-state index is 12.8. The van der Waals surface area contributed by atoms with Gasteiger partial charge in [0.25, 0.3) is 11.5 Å². The standard InChI is InChI=1S/C22H27N5O3/c1-5-10-27-22(29)19-9-7-6-8-18(19)20(25-27)21(28)24-23-14-17-13-15(2)26(16(17)3)11-12-30-4/h6-9,13-14H,5,10-12H2,1-4H3,(H,24,28)/b23-14+. The van der Waals surface area contributed by atoms with E-state index in [1.165, 1.54) is 4.68 Å². The predicted molar refractivity (Wildman–Crippen MR) is 117 cm³/mol. The summed E-state index contributed by atoms with van der Waals surface area (Å²) in [4.78, 5) is 25.4. The summed E-state index contributed by atoms with van der Waals surface area (Å²) < 4.78 is 8.63. The number of aryl methyl sites for hydroxylation is 2. The molecule has 1 aromatic carbocycles. The number of benzene rings is 1. The SMILES string of the molecule is CCCn1nc(C(=O)N/N=C/c2cc(C)n(CCOC)c2C)c2ccccc2c1=O. The second-order valence-corrected chi connectivity index (χ2v) is 7.09. The highest BCUT2D eigenvalue weighted by molar-refractivity contribution is 6.05. The molecule has 0 atom stereocenters. The van der Waals surface area contributed by atoms with Gasteiger partial charge in [-0.15, -0.1) is 0 Å². The Hall–Kier alpha value is -3.26. The minimum absolute atomic E-state index is 0.182. The molecular weight excluding hydrogens is 382 g/mol. The third-order valence-electron chi connectivity index (χ3n) is 5.02. The van der Waals surface area contributed by atoms with Gasteiger partial charge in [-0.25, -0.2) is 10.1 Å². The number of aromatic nitrogens is 3. The van der Waals surface area contributed by atoms with Gasteiger partial charge in [0, 0.05) is 42.5 Å². The number of ether oxygens (including phenoxy) is 1. The van der Waals surface area contributed by atoms with Gasteiger partial charge in [-0.3, -0.25) is 9.59 Å². The smallest absolute Gasteiger partial charge is 0.292 e. The fraction of sp³-hybridized carbons (Fsp3) is 0.364. The molecule has 0 bridgehead atoms. The van der Waals surface area contributed by atoms with Gasteiger partial charge in [-0.1, -0.05) is 25.1 Å². The lowest BCUT2D eigenvalue weighted by molar-refractivity contribution is 0.0949. The molecule has 0 fully saturated rings. The first-order chi connectivity index (χ1) is 14.5. The molecule has 2 aromatic heterocycles. The van der Waals surface area contributed by atoms with Gasteiger partial charge in [0.15, 0.2) is 5.69 Å². The van der Waals surface area contributed by atoms with E-state index in [1.807, 2.05) is 26.8 Å². The second kappa shape index (κ2) is 9.49. The van der Waals surface area contributed by atoms with Crippen LogP contribution < -0.4 is 11.0 Å². The Morgan fingerprint density at radius 2 is 1.97 bits per heavy atom. The van der Waals surface area contributed by atoms with Crippen molar-refractivity contribution in [2.24, 2.45) is 5.10 Å². The van der Waals surface area contributed by atoms with Gasteiger partial charge in [0.05, 0.1) is 18.2 Å². The van der Waals surface area contributed by atoms with E-state index in [0.29, 0.717) is 23.9 Å². The van der Waals surface area contributed by atoms with Crippen molar-refractivity contribution in [3.05, 3.63) is 63.3 Å². The lowest BCUT2D eigenvalue weighted by atomic mass is 10.1.